The molecule has 1 aromatic carbocycles. The lowest BCUT2D eigenvalue weighted by atomic mass is 9.99. The monoisotopic (exact) mass is 301 g/mol. The van der Waals surface area contributed by atoms with Crippen molar-refractivity contribution in [3.63, 3.8) is 0 Å². The van der Waals surface area contributed by atoms with Gasteiger partial charge in [-0.15, -0.1) is 11.3 Å². The lowest BCUT2D eigenvalue weighted by Gasteiger charge is -2.15. The number of aromatic nitrogens is 1. The van der Waals surface area contributed by atoms with Gasteiger partial charge in [-0.1, -0.05) is 12.1 Å². The Bertz CT molecular complexity index is 693. The van der Waals surface area contributed by atoms with Crippen molar-refractivity contribution >= 4 is 22.4 Å². The molecule has 3 rings (SSSR count). The summed E-state index contributed by atoms with van der Waals surface area (Å²) in [5.41, 5.74) is 9.91. The van der Waals surface area contributed by atoms with Crippen LogP contribution in [-0.2, 0) is 12.8 Å². The van der Waals surface area contributed by atoms with Crippen molar-refractivity contribution < 1.29 is 4.79 Å². The number of nitrogens with one attached hydrogen (secondary N) is 1. The highest BCUT2D eigenvalue weighted by Crippen LogP contribution is 2.29. The quantitative estimate of drug-likeness (QED) is 0.896. The maximum atomic E-state index is 12.4. The minimum absolute atomic E-state index is 0.0911. The second kappa shape index (κ2) is 5.58. The molecule has 0 saturated carbocycles. The average molecular weight is 301 g/mol. The van der Waals surface area contributed by atoms with Crippen LogP contribution in [0, 0.1) is 13.8 Å². The van der Waals surface area contributed by atoms with Gasteiger partial charge in [-0.3, -0.25) is 10.1 Å². The fraction of sp³-hybridized carbons (Fsp3) is 0.375. The predicted molar refractivity (Wildman–Crippen MR) is 86.0 cm³/mol. The third-order valence-electron chi connectivity index (χ3n) is 4.05. The number of anilines is 1. The van der Waals surface area contributed by atoms with E-state index < -0.39 is 0 Å². The third-order valence-corrected chi connectivity index (χ3v) is 5.08. The van der Waals surface area contributed by atoms with Gasteiger partial charge in [0.15, 0.2) is 5.13 Å². The molecule has 1 atom stereocenters. The smallest absolute Gasteiger partial charge is 0.257 e. The number of nitrogens with zero attached hydrogens (tertiary/aromatic N) is 1. The number of aryl methyl sites for hydroxylation is 2. The Morgan fingerprint density at radius 1 is 1.43 bits per heavy atom. The Morgan fingerprint density at radius 2 is 2.24 bits per heavy atom. The van der Waals surface area contributed by atoms with Crippen LogP contribution in [0.15, 0.2) is 18.2 Å². The first-order valence-corrected chi connectivity index (χ1v) is 7.98. The van der Waals surface area contributed by atoms with E-state index >= 15 is 0 Å². The van der Waals surface area contributed by atoms with Gasteiger partial charge in [-0.05, 0) is 50.3 Å². The highest BCUT2D eigenvalue weighted by molar-refractivity contribution is 7.15. The summed E-state index contributed by atoms with van der Waals surface area (Å²) in [6.45, 7) is 3.98. The molecule has 21 heavy (non-hydrogen) atoms. The maximum absolute atomic E-state index is 12.4. The number of carbonyl (C=O) groups is 1. The first-order chi connectivity index (χ1) is 10.0. The molecule has 1 aliphatic rings. The van der Waals surface area contributed by atoms with Gasteiger partial charge in [0.25, 0.3) is 5.91 Å². The molecular formula is C16H19N3OS. The number of thiazole rings is 1. The Balaban J connectivity index is 1.81. The number of hydrogen-bond acceptors (Lipinski definition) is 4. The number of rotatable bonds is 2. The van der Waals surface area contributed by atoms with Crippen molar-refractivity contribution in [2.24, 2.45) is 5.73 Å². The molecule has 1 aromatic heterocycles. The topological polar surface area (TPSA) is 68.0 Å². The molecule has 1 heterocycles. The van der Waals surface area contributed by atoms with Gasteiger partial charge in [-0.25, -0.2) is 4.98 Å². The van der Waals surface area contributed by atoms with E-state index in [9.17, 15) is 4.79 Å². The van der Waals surface area contributed by atoms with Gasteiger partial charge in [0.2, 0.25) is 0 Å². The van der Waals surface area contributed by atoms with E-state index in [-0.39, 0.29) is 11.9 Å². The predicted octanol–water partition coefficient (Wildman–Crippen LogP) is 2.83. The molecule has 0 spiro atoms. The summed E-state index contributed by atoms with van der Waals surface area (Å²) in [4.78, 5) is 18.1. The van der Waals surface area contributed by atoms with Crippen LogP contribution in [0.25, 0.3) is 0 Å². The molecule has 0 bridgehead atoms. The Kier molecular flexibility index (Phi) is 3.78. The van der Waals surface area contributed by atoms with Crippen molar-refractivity contribution in [3.8, 4) is 0 Å². The fourth-order valence-corrected chi connectivity index (χ4v) is 3.71. The van der Waals surface area contributed by atoms with Crippen molar-refractivity contribution in [2.45, 2.75) is 39.2 Å². The second-order valence-electron chi connectivity index (χ2n) is 5.59. The normalized spacial score (nSPS) is 17.4. The average Bonchev–Trinajstić information content (AvgIpc) is 2.83. The van der Waals surface area contributed by atoms with Gasteiger partial charge in [0.05, 0.1) is 5.69 Å². The molecule has 0 fully saturated rings. The summed E-state index contributed by atoms with van der Waals surface area (Å²) < 4.78 is 0. The molecule has 1 aliphatic carbocycles. The van der Waals surface area contributed by atoms with Gasteiger partial charge in [0.1, 0.15) is 0 Å². The van der Waals surface area contributed by atoms with Crippen LogP contribution in [0.1, 0.15) is 38.5 Å². The maximum Gasteiger partial charge on any atom is 0.257 e. The Labute approximate surface area is 128 Å². The standard InChI is InChI=1S/C16H19N3OS/c1-9-4-3-5-12(10(9)2)15(20)19-16-18-13-7-6-11(17)8-14(13)21-16/h3-5,11H,6-8,17H2,1-2H3,(H,18,19,20)/t11-/m0/s1. The van der Waals surface area contributed by atoms with E-state index in [4.69, 9.17) is 5.73 Å². The molecule has 4 nitrogen and oxygen atoms in total. The van der Waals surface area contributed by atoms with Crippen molar-refractivity contribution in [1.29, 1.82) is 0 Å². The number of fused-ring (bicyclic) bond motifs is 1. The van der Waals surface area contributed by atoms with E-state index in [0.717, 1.165) is 36.1 Å². The van der Waals surface area contributed by atoms with Crippen LogP contribution in [0.3, 0.4) is 0 Å². The molecule has 5 heteroatoms. The summed E-state index contributed by atoms with van der Waals surface area (Å²) in [6, 6.07) is 5.99. The molecule has 110 valence electrons. The number of hydrogen-bond donors (Lipinski definition) is 2. The lowest BCUT2D eigenvalue weighted by molar-refractivity contribution is 0.102. The van der Waals surface area contributed by atoms with E-state index in [1.54, 1.807) is 11.3 Å². The molecule has 0 unspecified atom stereocenters. The molecule has 0 radical (unpaired) electrons. The van der Waals surface area contributed by atoms with Gasteiger partial charge in [0, 0.05) is 16.5 Å². The van der Waals surface area contributed by atoms with Gasteiger partial charge >= 0.3 is 0 Å². The Hall–Kier alpha value is -1.72. The highest BCUT2D eigenvalue weighted by atomic mass is 32.1. The summed E-state index contributed by atoms with van der Waals surface area (Å²) >= 11 is 1.55. The third kappa shape index (κ3) is 2.84. The van der Waals surface area contributed by atoms with Crippen LogP contribution in [0.4, 0.5) is 5.13 Å². The van der Waals surface area contributed by atoms with E-state index in [1.165, 1.54) is 4.88 Å². The molecule has 0 saturated heterocycles. The highest BCUT2D eigenvalue weighted by Gasteiger charge is 2.21. The summed E-state index contributed by atoms with van der Waals surface area (Å²) in [7, 11) is 0. The van der Waals surface area contributed by atoms with Crippen molar-refractivity contribution in [3.05, 3.63) is 45.5 Å². The van der Waals surface area contributed by atoms with Crippen LogP contribution >= 0.6 is 11.3 Å². The molecular weight excluding hydrogens is 282 g/mol. The summed E-state index contributed by atoms with van der Waals surface area (Å²) in [6.07, 6.45) is 2.75. The van der Waals surface area contributed by atoms with Crippen molar-refractivity contribution in [2.75, 3.05) is 5.32 Å². The largest absolute Gasteiger partial charge is 0.327 e. The first-order valence-electron chi connectivity index (χ1n) is 7.16. The van der Waals surface area contributed by atoms with Crippen LogP contribution in [0.2, 0.25) is 0 Å². The van der Waals surface area contributed by atoms with Crippen LogP contribution < -0.4 is 11.1 Å². The Morgan fingerprint density at radius 3 is 3.05 bits per heavy atom. The SMILES string of the molecule is Cc1cccc(C(=O)Nc2nc3c(s2)C[C@@H](N)CC3)c1C. The van der Waals surface area contributed by atoms with Crippen LogP contribution in [0.5, 0.6) is 0 Å². The number of benzene rings is 1. The van der Waals surface area contributed by atoms with Gasteiger partial charge in [-0.2, -0.15) is 0 Å². The number of amides is 1. The van der Waals surface area contributed by atoms with E-state index in [2.05, 4.69) is 10.3 Å². The minimum Gasteiger partial charge on any atom is -0.327 e. The van der Waals surface area contributed by atoms with Gasteiger partial charge < -0.3 is 5.73 Å². The van der Waals surface area contributed by atoms with E-state index in [1.807, 2.05) is 32.0 Å². The number of carbonyl (C=O) groups excluding carboxylic acids is 1. The molecule has 0 aliphatic heterocycles. The fourth-order valence-electron chi connectivity index (χ4n) is 2.62. The molecule has 3 N–H and O–H groups in total. The van der Waals surface area contributed by atoms with E-state index in [0.29, 0.717) is 10.7 Å². The molecule has 2 aromatic rings. The molecule has 1 amide bonds. The summed E-state index contributed by atoms with van der Waals surface area (Å²) in [5.74, 6) is -0.0911. The number of nitrogens with two attached hydrogens (primary N) is 1. The second-order valence-corrected chi connectivity index (χ2v) is 6.68. The zero-order chi connectivity index (χ0) is 15.0. The zero-order valence-corrected chi connectivity index (χ0v) is 13.1. The lowest BCUT2D eigenvalue weighted by Crippen LogP contribution is -2.27. The zero-order valence-electron chi connectivity index (χ0n) is 12.3. The van der Waals surface area contributed by atoms with Crippen LogP contribution in [-0.4, -0.2) is 16.9 Å². The van der Waals surface area contributed by atoms with Crippen molar-refractivity contribution in [1.82, 2.24) is 4.98 Å². The minimum atomic E-state index is -0.0911. The first kappa shape index (κ1) is 14.2. The summed E-state index contributed by atoms with van der Waals surface area (Å²) in [5, 5.41) is 3.61.